The van der Waals surface area contributed by atoms with Crippen LogP contribution in [0.1, 0.15) is 67.7 Å². The molecule has 2 rings (SSSR count). The summed E-state index contributed by atoms with van der Waals surface area (Å²) < 4.78 is 0. The molecule has 0 aromatic carbocycles. The molecule has 12 nitrogen and oxygen atoms in total. The van der Waals surface area contributed by atoms with Gasteiger partial charge in [0.15, 0.2) is 0 Å². The van der Waals surface area contributed by atoms with Gasteiger partial charge in [0, 0.05) is 12.7 Å². The van der Waals surface area contributed by atoms with Crippen LogP contribution in [0.4, 0.5) is 0 Å². The fourth-order valence-electron chi connectivity index (χ4n) is 5.56. The van der Waals surface area contributed by atoms with E-state index in [0.29, 0.717) is 13.0 Å². The van der Waals surface area contributed by atoms with Crippen molar-refractivity contribution < 1.29 is 28.8 Å². The van der Waals surface area contributed by atoms with E-state index >= 15 is 0 Å². The molecule has 1 saturated heterocycles. The van der Waals surface area contributed by atoms with Crippen LogP contribution < -0.4 is 21.7 Å². The van der Waals surface area contributed by atoms with Crippen LogP contribution in [0.2, 0.25) is 0 Å². The predicted octanol–water partition coefficient (Wildman–Crippen LogP) is 1.01. The van der Waals surface area contributed by atoms with Crippen LogP contribution in [-0.2, 0) is 28.8 Å². The Kier molecular flexibility index (Phi) is 11.4. The molecule has 0 aromatic rings. The van der Waals surface area contributed by atoms with E-state index in [4.69, 9.17) is 5.73 Å². The van der Waals surface area contributed by atoms with Crippen molar-refractivity contribution in [3.05, 3.63) is 24.9 Å². The first-order valence-corrected chi connectivity index (χ1v) is 14.4. The maximum absolute atomic E-state index is 14.0. The first kappa shape index (κ1) is 34.4. The molecule has 2 fully saturated rings. The van der Waals surface area contributed by atoms with Gasteiger partial charge in [0.25, 0.3) is 11.8 Å². The first-order chi connectivity index (χ1) is 19.5. The Labute approximate surface area is 248 Å². The summed E-state index contributed by atoms with van der Waals surface area (Å²) in [6.45, 7) is 16.5. The average Bonchev–Trinajstić information content (AvgIpc) is 3.23. The molecule has 12 heteroatoms. The summed E-state index contributed by atoms with van der Waals surface area (Å²) in [5, 5.41) is 7.90. The highest BCUT2D eigenvalue weighted by Gasteiger charge is 2.69. The molecule has 1 unspecified atom stereocenters. The van der Waals surface area contributed by atoms with Gasteiger partial charge in [-0.15, -0.1) is 0 Å². The van der Waals surface area contributed by atoms with Crippen LogP contribution >= 0.6 is 0 Å². The molecule has 5 N–H and O–H groups in total. The van der Waals surface area contributed by atoms with E-state index < -0.39 is 65.4 Å². The second-order valence-corrected chi connectivity index (χ2v) is 12.6. The van der Waals surface area contributed by atoms with Crippen molar-refractivity contribution in [3.8, 4) is 0 Å². The summed E-state index contributed by atoms with van der Waals surface area (Å²) in [7, 11) is 0. The number of hydrogen-bond donors (Lipinski definition) is 4. The number of Topliss-reactive ketones (excluding diaryl/α,β-unsaturated/α-hetero) is 1. The lowest BCUT2D eigenvalue weighted by atomic mass is 9.85. The van der Waals surface area contributed by atoms with Gasteiger partial charge >= 0.3 is 0 Å². The van der Waals surface area contributed by atoms with E-state index in [2.05, 4.69) is 27.5 Å². The molecule has 5 atom stereocenters. The van der Waals surface area contributed by atoms with Crippen LogP contribution in [0, 0.1) is 22.7 Å². The maximum Gasteiger partial charge on any atom is 0.287 e. The molecule has 1 heterocycles. The number of aliphatic imine (C=N–C) groups is 1. The summed E-state index contributed by atoms with van der Waals surface area (Å²) in [6.07, 6.45) is 5.93. The number of nitrogens with one attached hydrogen (secondary N) is 3. The number of nitrogens with zero attached hydrogens (tertiary/aromatic N) is 2. The van der Waals surface area contributed by atoms with Gasteiger partial charge in [-0.1, -0.05) is 67.0 Å². The summed E-state index contributed by atoms with van der Waals surface area (Å²) in [4.78, 5) is 82.4. The van der Waals surface area contributed by atoms with E-state index in [9.17, 15) is 28.8 Å². The minimum atomic E-state index is -1.13. The van der Waals surface area contributed by atoms with Gasteiger partial charge in [-0.25, -0.2) is 0 Å². The van der Waals surface area contributed by atoms with E-state index in [1.807, 2.05) is 20.8 Å². The van der Waals surface area contributed by atoms with Gasteiger partial charge in [0.05, 0.1) is 12.6 Å². The second-order valence-electron chi connectivity index (χ2n) is 12.6. The number of carbonyl (C=O) groups excluding carboxylic acids is 6. The Morgan fingerprint density at radius 1 is 1.14 bits per heavy atom. The summed E-state index contributed by atoms with van der Waals surface area (Å²) in [6, 6.07) is -2.98. The van der Waals surface area contributed by atoms with Crippen molar-refractivity contribution in [2.45, 2.75) is 85.9 Å². The van der Waals surface area contributed by atoms with Crippen LogP contribution in [0.5, 0.6) is 0 Å². The fraction of sp³-hybridized carbons (Fsp3) is 0.633. The minimum Gasteiger partial charge on any atom is -0.363 e. The Balaban J connectivity index is 2.25. The van der Waals surface area contributed by atoms with E-state index in [-0.39, 0.29) is 29.4 Å². The largest absolute Gasteiger partial charge is 0.363 e. The van der Waals surface area contributed by atoms with Crippen molar-refractivity contribution >= 4 is 41.0 Å². The quantitative estimate of drug-likeness (QED) is 0.174. The van der Waals surface area contributed by atoms with E-state index in [1.165, 1.54) is 17.2 Å². The number of fused-ring (bicyclic) bond motifs is 1. The zero-order valence-corrected chi connectivity index (χ0v) is 25.8. The third-order valence-corrected chi connectivity index (χ3v) is 8.10. The molecule has 0 aromatic heterocycles. The second kappa shape index (κ2) is 13.9. The molecular weight excluding hydrogens is 540 g/mol. The van der Waals surface area contributed by atoms with Crippen LogP contribution in [0.25, 0.3) is 0 Å². The monoisotopic (exact) mass is 586 g/mol. The van der Waals surface area contributed by atoms with Crippen LogP contribution in [0.3, 0.4) is 0 Å². The third-order valence-electron chi connectivity index (χ3n) is 8.10. The highest BCUT2D eigenvalue weighted by Crippen LogP contribution is 2.65. The Morgan fingerprint density at radius 3 is 2.31 bits per heavy atom. The highest BCUT2D eigenvalue weighted by molar-refractivity contribution is 6.43. The van der Waals surface area contributed by atoms with Crippen LogP contribution in [0.15, 0.2) is 29.9 Å². The molecule has 5 amide bonds. The number of likely N-dealkylation sites (tertiary alicyclic amines) is 1. The number of primary amides is 1. The molecule has 0 spiro atoms. The van der Waals surface area contributed by atoms with E-state index in [0.717, 1.165) is 6.42 Å². The summed E-state index contributed by atoms with van der Waals surface area (Å²) in [5.41, 5.74) is 4.32. The van der Waals surface area contributed by atoms with Crippen LogP contribution in [-0.4, -0.2) is 77.1 Å². The smallest absolute Gasteiger partial charge is 0.287 e. The molecule has 1 aliphatic heterocycles. The number of unbranched alkanes of at least 4 members (excludes halogenated alkanes) is 1. The van der Waals surface area contributed by atoms with Gasteiger partial charge in [-0.3, -0.25) is 33.8 Å². The summed E-state index contributed by atoms with van der Waals surface area (Å²) >= 11 is 0. The molecule has 0 bridgehead atoms. The number of amides is 5. The van der Waals surface area contributed by atoms with Crippen molar-refractivity contribution in [3.63, 3.8) is 0 Å². The lowest BCUT2D eigenvalue weighted by Gasteiger charge is -2.38. The van der Waals surface area contributed by atoms with Crippen molar-refractivity contribution in [1.29, 1.82) is 0 Å². The fourth-order valence-corrected chi connectivity index (χ4v) is 5.56. The van der Waals surface area contributed by atoms with Gasteiger partial charge in [-0.05, 0) is 42.1 Å². The zero-order valence-electron chi connectivity index (χ0n) is 25.8. The number of piperidine rings is 1. The van der Waals surface area contributed by atoms with Crippen molar-refractivity contribution in [1.82, 2.24) is 20.9 Å². The number of nitrogens with two attached hydrogens (primary N) is 1. The Morgan fingerprint density at radius 2 is 1.79 bits per heavy atom. The molecule has 2 aliphatic rings. The van der Waals surface area contributed by atoms with Gasteiger partial charge in [-0.2, -0.15) is 0 Å². The average molecular weight is 587 g/mol. The zero-order chi connectivity index (χ0) is 32.0. The third kappa shape index (κ3) is 7.92. The number of hydrogen-bond acceptors (Lipinski definition) is 7. The maximum atomic E-state index is 14.0. The molecule has 232 valence electrons. The van der Waals surface area contributed by atoms with E-state index in [1.54, 1.807) is 33.8 Å². The Bertz CT molecular complexity index is 1170. The van der Waals surface area contributed by atoms with Crippen molar-refractivity contribution in [2.24, 2.45) is 33.4 Å². The van der Waals surface area contributed by atoms with Gasteiger partial charge in [0.2, 0.25) is 23.5 Å². The standard InChI is InChI=1S/C30H46N6O6/c1-9-12-13-19(23(38)25(31)39)34-27(41)22-21-17(30(21,7)8)16-36(22)28(42)24(29(4,5)6)35-20(37)15-33-26(40)18(11-3)32-14-10-2/h10-11,14,17,19,21-22,24H,3,9,12-13,15-16H2,1-2,4-8H3,(H2,31,39)(H,33,40)(H,34,41)(H,35,37)/b14-10-,32-18?/t17-,19?,21-,22-,24+/m0/s1. The molecule has 42 heavy (non-hydrogen) atoms. The Hall–Kier alpha value is -3.83. The topological polar surface area (TPSA) is 180 Å². The van der Waals surface area contributed by atoms with Gasteiger partial charge < -0.3 is 26.6 Å². The SMILES string of the molecule is C=CC(=N/C=C\C)C(=O)NCC(=O)N[C@H](C(=O)N1C[C@H]2[C@@H]([C@H]1C(=O)NC(CCCC)C(=O)C(N)=O)C2(C)C)C(C)(C)C. The number of ketones is 1. The van der Waals surface area contributed by atoms with Crippen molar-refractivity contribution in [2.75, 3.05) is 13.1 Å². The summed E-state index contributed by atoms with van der Waals surface area (Å²) in [5.74, 6) is -4.27. The highest BCUT2D eigenvalue weighted by atomic mass is 16.2. The number of rotatable bonds is 14. The van der Waals surface area contributed by atoms with Gasteiger partial charge in [0.1, 0.15) is 17.8 Å². The normalized spacial score (nSPS) is 22.5. The number of carbonyl (C=O) groups is 6. The molecule has 0 radical (unpaired) electrons. The molecule has 1 aliphatic carbocycles. The predicted molar refractivity (Wildman–Crippen MR) is 159 cm³/mol. The first-order valence-electron chi connectivity index (χ1n) is 14.4. The molecular formula is C30H46N6O6. The lowest BCUT2D eigenvalue weighted by Crippen LogP contribution is -2.61. The number of allylic oxidation sites excluding steroid dienone is 1. The molecule has 1 saturated carbocycles. The minimum absolute atomic E-state index is 0.0316. The lowest BCUT2D eigenvalue weighted by molar-refractivity contribution is -0.146.